The molecule has 0 atom stereocenters. The van der Waals surface area contributed by atoms with Crippen molar-refractivity contribution >= 4 is 23.6 Å². The van der Waals surface area contributed by atoms with E-state index in [1.54, 1.807) is 16.7 Å². The third-order valence-corrected chi connectivity index (χ3v) is 6.47. The van der Waals surface area contributed by atoms with Gasteiger partial charge in [0, 0.05) is 13.1 Å². The van der Waals surface area contributed by atoms with Crippen molar-refractivity contribution in [3.8, 4) is 11.1 Å². The van der Waals surface area contributed by atoms with Crippen molar-refractivity contribution in [2.45, 2.75) is 25.9 Å². The number of nitrogens with zero attached hydrogens (tertiary/aromatic N) is 2. The second-order valence-corrected chi connectivity index (χ2v) is 8.64. The molecule has 0 radical (unpaired) electrons. The highest BCUT2D eigenvalue weighted by molar-refractivity contribution is 8.00. The minimum Gasteiger partial charge on any atom is -0.350 e. The molecule has 2 amide bonds. The average Bonchev–Trinajstić information content (AvgIpc) is 3.39. The largest absolute Gasteiger partial charge is 0.350 e. The number of nitrogens with one attached hydrogen (secondary N) is 1. The first-order valence-corrected chi connectivity index (χ1v) is 11.4. The Bertz CT molecular complexity index is 863. The Morgan fingerprint density at radius 3 is 2.52 bits per heavy atom. The van der Waals surface area contributed by atoms with Crippen LogP contribution in [0.2, 0.25) is 0 Å². The van der Waals surface area contributed by atoms with Gasteiger partial charge < -0.3 is 10.2 Å². The van der Waals surface area contributed by atoms with Crippen LogP contribution in [0.3, 0.4) is 0 Å². The van der Waals surface area contributed by atoms with E-state index >= 15 is 0 Å². The van der Waals surface area contributed by atoms with Gasteiger partial charge in [0.25, 0.3) is 0 Å². The normalized spacial score (nSPS) is 17.1. The van der Waals surface area contributed by atoms with Gasteiger partial charge in [-0.2, -0.15) is 0 Å². The fourth-order valence-electron chi connectivity index (χ4n) is 3.91. The van der Waals surface area contributed by atoms with Crippen molar-refractivity contribution in [2.24, 2.45) is 0 Å². The maximum absolute atomic E-state index is 12.3. The van der Waals surface area contributed by atoms with E-state index in [4.69, 9.17) is 0 Å². The van der Waals surface area contributed by atoms with Crippen molar-refractivity contribution in [3.05, 3.63) is 59.7 Å². The van der Waals surface area contributed by atoms with Crippen LogP contribution in [0.15, 0.2) is 48.5 Å². The number of hydrogen-bond donors (Lipinski definition) is 1. The van der Waals surface area contributed by atoms with E-state index < -0.39 is 0 Å². The predicted molar refractivity (Wildman–Crippen MR) is 117 cm³/mol. The molecule has 0 spiro atoms. The number of rotatable bonds is 7. The van der Waals surface area contributed by atoms with E-state index in [9.17, 15) is 9.59 Å². The summed E-state index contributed by atoms with van der Waals surface area (Å²) >= 11 is 1.55. The lowest BCUT2D eigenvalue weighted by Crippen LogP contribution is -2.37. The Hall–Kier alpha value is -2.31. The molecule has 2 saturated heterocycles. The van der Waals surface area contributed by atoms with E-state index in [1.807, 2.05) is 18.2 Å². The molecule has 6 heteroatoms. The molecule has 0 saturated carbocycles. The first-order chi connectivity index (χ1) is 14.2. The maximum Gasteiger partial charge on any atom is 0.239 e. The maximum atomic E-state index is 12.3. The Morgan fingerprint density at radius 1 is 1.03 bits per heavy atom. The monoisotopic (exact) mass is 409 g/mol. The van der Waals surface area contributed by atoms with Gasteiger partial charge in [0.05, 0.1) is 11.6 Å². The van der Waals surface area contributed by atoms with Crippen LogP contribution < -0.4 is 5.32 Å². The van der Waals surface area contributed by atoms with E-state index in [-0.39, 0.29) is 18.4 Å². The molecule has 1 N–H and O–H groups in total. The van der Waals surface area contributed by atoms with Crippen LogP contribution in [0, 0.1) is 0 Å². The van der Waals surface area contributed by atoms with Crippen LogP contribution in [0.5, 0.6) is 0 Å². The highest BCUT2D eigenvalue weighted by atomic mass is 32.2. The molecule has 4 rings (SSSR count). The van der Waals surface area contributed by atoms with Crippen LogP contribution >= 0.6 is 11.8 Å². The fourth-order valence-corrected chi connectivity index (χ4v) is 4.81. The van der Waals surface area contributed by atoms with Crippen molar-refractivity contribution in [3.63, 3.8) is 0 Å². The summed E-state index contributed by atoms with van der Waals surface area (Å²) < 4.78 is 0. The zero-order valence-corrected chi connectivity index (χ0v) is 17.4. The van der Waals surface area contributed by atoms with Gasteiger partial charge in [-0.1, -0.05) is 48.5 Å². The number of hydrogen-bond acceptors (Lipinski definition) is 4. The Balaban J connectivity index is 1.38. The number of benzene rings is 2. The standard InChI is InChI=1S/C23H27N3O2S/c27-22(15-26-17-29-16-23(26)28)24-13-20-5-1-2-6-21(20)19-9-7-18(8-10-19)14-25-11-3-4-12-25/h1-2,5-10H,3-4,11-17H2,(H,24,27). The Kier molecular flexibility index (Phi) is 6.52. The number of carbonyl (C=O) groups is 2. The molecular formula is C23H27N3O2S. The topological polar surface area (TPSA) is 52.7 Å². The Labute approximate surface area is 176 Å². The summed E-state index contributed by atoms with van der Waals surface area (Å²) in [6, 6.07) is 16.9. The highest BCUT2D eigenvalue weighted by Gasteiger charge is 2.22. The minimum absolute atomic E-state index is 0.0413. The molecule has 2 aromatic carbocycles. The summed E-state index contributed by atoms with van der Waals surface area (Å²) in [5.74, 6) is 1.01. The van der Waals surface area contributed by atoms with Crippen LogP contribution in [0.25, 0.3) is 11.1 Å². The van der Waals surface area contributed by atoms with E-state index in [0.29, 0.717) is 18.2 Å². The lowest BCUT2D eigenvalue weighted by molar-refractivity contribution is -0.132. The molecule has 2 aliphatic heterocycles. The fraction of sp³-hybridized carbons (Fsp3) is 0.391. The number of carbonyl (C=O) groups excluding carboxylic acids is 2. The van der Waals surface area contributed by atoms with Gasteiger partial charge in [-0.3, -0.25) is 14.5 Å². The lowest BCUT2D eigenvalue weighted by atomic mass is 9.98. The molecule has 0 aromatic heterocycles. The molecule has 2 aromatic rings. The number of likely N-dealkylation sites (tertiary alicyclic amines) is 1. The zero-order valence-electron chi connectivity index (χ0n) is 16.6. The number of thioether (sulfide) groups is 1. The minimum atomic E-state index is -0.114. The Morgan fingerprint density at radius 2 is 1.79 bits per heavy atom. The molecule has 152 valence electrons. The molecule has 29 heavy (non-hydrogen) atoms. The SMILES string of the molecule is O=C(CN1CSCC1=O)NCc1ccccc1-c1ccc(CN2CCCC2)cc1. The third-order valence-electron chi connectivity index (χ3n) is 5.52. The second-order valence-electron chi connectivity index (χ2n) is 7.68. The van der Waals surface area contributed by atoms with Crippen LogP contribution in [-0.2, 0) is 22.7 Å². The van der Waals surface area contributed by atoms with Crippen molar-refractivity contribution in [1.82, 2.24) is 15.1 Å². The van der Waals surface area contributed by atoms with Gasteiger partial charge in [0.2, 0.25) is 11.8 Å². The average molecular weight is 410 g/mol. The molecular weight excluding hydrogens is 382 g/mol. The van der Waals surface area contributed by atoms with E-state index in [0.717, 1.165) is 23.2 Å². The molecule has 2 heterocycles. The zero-order chi connectivity index (χ0) is 20.1. The molecule has 0 aliphatic carbocycles. The number of amides is 2. The first kappa shape index (κ1) is 20.0. The quantitative estimate of drug-likeness (QED) is 0.764. The van der Waals surface area contributed by atoms with E-state index in [2.05, 4.69) is 40.5 Å². The van der Waals surface area contributed by atoms with Gasteiger partial charge in [0.1, 0.15) is 6.54 Å². The summed E-state index contributed by atoms with van der Waals surface area (Å²) in [5.41, 5.74) is 4.71. The molecule has 2 aliphatic rings. The van der Waals surface area contributed by atoms with Crippen molar-refractivity contribution < 1.29 is 9.59 Å². The smallest absolute Gasteiger partial charge is 0.239 e. The van der Waals surface area contributed by atoms with Gasteiger partial charge in [-0.05, 0) is 48.2 Å². The van der Waals surface area contributed by atoms with Gasteiger partial charge in [-0.15, -0.1) is 11.8 Å². The third kappa shape index (κ3) is 5.19. The van der Waals surface area contributed by atoms with Gasteiger partial charge >= 0.3 is 0 Å². The van der Waals surface area contributed by atoms with Crippen molar-refractivity contribution in [1.29, 1.82) is 0 Å². The van der Waals surface area contributed by atoms with E-state index in [1.165, 1.54) is 31.5 Å². The van der Waals surface area contributed by atoms with Crippen molar-refractivity contribution in [2.75, 3.05) is 31.3 Å². The molecule has 2 fully saturated rings. The first-order valence-electron chi connectivity index (χ1n) is 10.2. The van der Waals surface area contributed by atoms with Gasteiger partial charge in [-0.25, -0.2) is 0 Å². The highest BCUT2D eigenvalue weighted by Crippen LogP contribution is 2.25. The predicted octanol–water partition coefficient (Wildman–Crippen LogP) is 3.10. The van der Waals surface area contributed by atoms with Crippen LogP contribution in [0.1, 0.15) is 24.0 Å². The summed E-state index contributed by atoms with van der Waals surface area (Å²) in [6.07, 6.45) is 2.61. The summed E-state index contributed by atoms with van der Waals surface area (Å²) in [5, 5.41) is 2.97. The van der Waals surface area contributed by atoms with Gasteiger partial charge in [0.15, 0.2) is 0 Å². The van der Waals surface area contributed by atoms with Crippen LogP contribution in [-0.4, -0.2) is 52.9 Å². The molecule has 0 unspecified atom stereocenters. The van der Waals surface area contributed by atoms with Crippen LogP contribution in [0.4, 0.5) is 0 Å². The summed E-state index contributed by atoms with van der Waals surface area (Å²) in [6.45, 7) is 4.02. The summed E-state index contributed by atoms with van der Waals surface area (Å²) in [7, 11) is 0. The second kappa shape index (κ2) is 9.46. The lowest BCUT2D eigenvalue weighted by Gasteiger charge is -2.16. The molecule has 5 nitrogen and oxygen atoms in total. The summed E-state index contributed by atoms with van der Waals surface area (Å²) in [4.78, 5) is 28.0. The molecule has 0 bridgehead atoms.